The third-order valence-corrected chi connectivity index (χ3v) is 7.04. The third-order valence-electron chi connectivity index (χ3n) is 5.17. The Morgan fingerprint density at radius 1 is 1.27 bits per heavy atom. The van der Waals surface area contributed by atoms with Gasteiger partial charge in [-0.2, -0.15) is 0 Å². The van der Waals surface area contributed by atoms with Crippen LogP contribution in [0.5, 0.6) is 5.75 Å². The van der Waals surface area contributed by atoms with E-state index in [0.717, 1.165) is 50.5 Å². The highest BCUT2D eigenvalue weighted by molar-refractivity contribution is 14.1. The number of nitro groups is 1. The highest BCUT2D eigenvalue weighted by Gasteiger charge is 2.23. The molecule has 0 spiro atoms. The number of nitrogens with zero attached hydrogens (tertiary/aromatic N) is 4. The lowest BCUT2D eigenvalue weighted by molar-refractivity contribution is -0.390. The molecule has 4 rings (SSSR count). The molecule has 1 aliphatic heterocycles. The molecule has 9 heteroatoms. The van der Waals surface area contributed by atoms with Gasteiger partial charge in [0, 0.05) is 27.3 Å². The fraction of sp³-hybridized carbons (Fsp3) is 0.333. The van der Waals surface area contributed by atoms with E-state index >= 15 is 0 Å². The zero-order valence-electron chi connectivity index (χ0n) is 16.5. The number of thiazole rings is 1. The molecule has 7 nitrogen and oxygen atoms in total. The van der Waals surface area contributed by atoms with E-state index in [4.69, 9.17) is 4.74 Å². The average molecular weight is 536 g/mol. The van der Waals surface area contributed by atoms with Crippen LogP contribution in [0.3, 0.4) is 0 Å². The Labute approximate surface area is 192 Å². The number of piperidine rings is 1. The van der Waals surface area contributed by atoms with Crippen molar-refractivity contribution in [3.05, 3.63) is 67.0 Å². The summed E-state index contributed by atoms with van der Waals surface area (Å²) in [5.74, 6) is 0.372. The number of hydrogen-bond donors (Lipinski definition) is 0. The van der Waals surface area contributed by atoms with Gasteiger partial charge in [-0.15, -0.1) is 11.3 Å². The maximum Gasteiger partial charge on any atom is 0.406 e. The first kappa shape index (κ1) is 21.1. The number of rotatable bonds is 6. The zero-order valence-corrected chi connectivity index (χ0v) is 19.4. The van der Waals surface area contributed by atoms with Crippen LogP contribution in [0.15, 0.2) is 42.7 Å². The maximum absolute atomic E-state index is 11.4. The van der Waals surface area contributed by atoms with Gasteiger partial charge in [0.2, 0.25) is 5.75 Å². The fourth-order valence-electron chi connectivity index (χ4n) is 3.47. The Hall–Kier alpha value is -2.11. The number of benzene rings is 1. The molecule has 2 aromatic heterocycles. The summed E-state index contributed by atoms with van der Waals surface area (Å²) in [6, 6.07) is 9.54. The van der Waals surface area contributed by atoms with Crippen molar-refractivity contribution in [3.8, 4) is 16.2 Å². The van der Waals surface area contributed by atoms with Crippen molar-refractivity contribution in [3.63, 3.8) is 0 Å². The Balaban J connectivity index is 1.55. The minimum Gasteiger partial charge on any atom is -0.481 e. The molecule has 0 bridgehead atoms. The van der Waals surface area contributed by atoms with Gasteiger partial charge in [0.05, 0.1) is 9.88 Å². The number of halogens is 1. The molecule has 1 aliphatic rings. The molecule has 1 fully saturated rings. The van der Waals surface area contributed by atoms with Gasteiger partial charge in [-0.3, -0.25) is 0 Å². The van der Waals surface area contributed by atoms with Crippen molar-refractivity contribution in [2.45, 2.75) is 25.4 Å². The van der Waals surface area contributed by atoms with E-state index in [1.807, 2.05) is 30.5 Å². The van der Waals surface area contributed by atoms with Crippen LogP contribution >= 0.6 is 33.9 Å². The Kier molecular flexibility index (Phi) is 6.59. The van der Waals surface area contributed by atoms with E-state index in [2.05, 4.69) is 44.5 Å². The summed E-state index contributed by atoms with van der Waals surface area (Å²) in [5.41, 5.74) is 1.74. The van der Waals surface area contributed by atoms with E-state index < -0.39 is 4.92 Å². The number of aromatic nitrogens is 2. The Bertz CT molecular complexity index is 1050. The molecule has 0 amide bonds. The van der Waals surface area contributed by atoms with Gasteiger partial charge in [0.15, 0.2) is 0 Å². The monoisotopic (exact) mass is 536 g/mol. The second-order valence-electron chi connectivity index (χ2n) is 7.36. The lowest BCUT2D eigenvalue weighted by atomic mass is 9.98. The zero-order chi connectivity index (χ0) is 21.1. The predicted molar refractivity (Wildman–Crippen MR) is 125 cm³/mol. The van der Waals surface area contributed by atoms with Crippen molar-refractivity contribution in [1.29, 1.82) is 0 Å². The van der Waals surface area contributed by atoms with Gasteiger partial charge < -0.3 is 19.8 Å². The molecule has 3 heterocycles. The van der Waals surface area contributed by atoms with E-state index in [1.165, 1.54) is 6.20 Å². The van der Waals surface area contributed by atoms with Crippen LogP contribution in [0.2, 0.25) is 0 Å². The molecular formula is C21H21IN4O3S. The first-order chi connectivity index (χ1) is 14.5. The molecule has 30 heavy (non-hydrogen) atoms. The second kappa shape index (κ2) is 9.36. The van der Waals surface area contributed by atoms with Crippen molar-refractivity contribution in [2.75, 3.05) is 20.1 Å². The number of likely N-dealkylation sites (tertiary alicyclic amines) is 1. The molecule has 0 aliphatic carbocycles. The lowest BCUT2D eigenvalue weighted by Gasteiger charge is -2.27. The highest BCUT2D eigenvalue weighted by atomic mass is 127. The number of hydrogen-bond acceptors (Lipinski definition) is 7. The van der Waals surface area contributed by atoms with Crippen molar-refractivity contribution in [2.24, 2.45) is 0 Å². The molecular weight excluding hydrogens is 515 g/mol. The molecule has 0 atom stereocenters. The summed E-state index contributed by atoms with van der Waals surface area (Å²) in [4.78, 5) is 22.9. The van der Waals surface area contributed by atoms with Gasteiger partial charge >= 0.3 is 5.82 Å². The summed E-state index contributed by atoms with van der Waals surface area (Å²) in [6.45, 7) is 2.40. The van der Waals surface area contributed by atoms with Crippen molar-refractivity contribution < 1.29 is 9.66 Å². The third kappa shape index (κ3) is 4.96. The normalized spacial score (nSPS) is 15.3. The van der Waals surface area contributed by atoms with Crippen LogP contribution in [0, 0.1) is 13.7 Å². The first-order valence-electron chi connectivity index (χ1n) is 9.66. The van der Waals surface area contributed by atoms with E-state index in [0.29, 0.717) is 5.92 Å². The molecule has 0 N–H and O–H groups in total. The van der Waals surface area contributed by atoms with E-state index in [9.17, 15) is 10.1 Å². The van der Waals surface area contributed by atoms with Gasteiger partial charge in [0.1, 0.15) is 12.8 Å². The minimum atomic E-state index is -0.509. The van der Waals surface area contributed by atoms with Gasteiger partial charge in [-0.05, 0) is 83.2 Å². The van der Waals surface area contributed by atoms with Crippen LogP contribution in [-0.4, -0.2) is 39.9 Å². The summed E-state index contributed by atoms with van der Waals surface area (Å²) in [7, 11) is 2.14. The predicted octanol–water partition coefficient (Wildman–Crippen LogP) is 5.11. The molecule has 1 saturated heterocycles. The van der Waals surface area contributed by atoms with Crippen molar-refractivity contribution in [1.82, 2.24) is 14.9 Å². The smallest absolute Gasteiger partial charge is 0.406 e. The largest absolute Gasteiger partial charge is 0.481 e. The van der Waals surface area contributed by atoms with Crippen molar-refractivity contribution >= 4 is 39.7 Å². The van der Waals surface area contributed by atoms with Crippen LogP contribution in [-0.2, 0) is 6.61 Å². The van der Waals surface area contributed by atoms with Crippen LogP contribution in [0.25, 0.3) is 10.4 Å². The van der Waals surface area contributed by atoms with Gasteiger partial charge in [0.25, 0.3) is 0 Å². The van der Waals surface area contributed by atoms with Gasteiger partial charge in [-0.25, -0.2) is 4.98 Å². The fourth-order valence-corrected chi connectivity index (χ4v) is 5.14. The molecule has 156 valence electrons. The topological polar surface area (TPSA) is 81.4 Å². The van der Waals surface area contributed by atoms with Gasteiger partial charge in [-0.1, -0.05) is 12.1 Å². The molecule has 1 aromatic carbocycles. The maximum atomic E-state index is 11.4. The van der Waals surface area contributed by atoms with Crippen LogP contribution in [0.1, 0.15) is 29.3 Å². The SMILES string of the molecule is CN1CCC(c2ncc(-c3cnc([N+](=O)[O-])c(OCc4cccc(I)c4)c3)s2)CC1. The number of ether oxygens (including phenoxy) is 1. The second-order valence-corrected chi connectivity index (χ2v) is 9.67. The summed E-state index contributed by atoms with van der Waals surface area (Å²) >= 11 is 3.86. The van der Waals surface area contributed by atoms with Crippen LogP contribution in [0.4, 0.5) is 5.82 Å². The summed E-state index contributed by atoms with van der Waals surface area (Å²) in [6.07, 6.45) is 5.57. The minimum absolute atomic E-state index is 0.172. The average Bonchev–Trinajstić information content (AvgIpc) is 3.23. The Morgan fingerprint density at radius 3 is 2.80 bits per heavy atom. The van der Waals surface area contributed by atoms with E-state index in [-0.39, 0.29) is 18.2 Å². The molecule has 3 aromatic rings. The van der Waals surface area contributed by atoms with Crippen LogP contribution < -0.4 is 4.74 Å². The standard InChI is InChI=1S/C21H21IN4O3S/c1-25-7-5-15(6-8-25)21-24-12-19(30-21)16-10-18(20(23-11-16)26(27)28)29-13-14-3-2-4-17(22)9-14/h2-4,9-12,15H,5-8,13H2,1H3. The summed E-state index contributed by atoms with van der Waals surface area (Å²) < 4.78 is 6.89. The lowest BCUT2D eigenvalue weighted by Crippen LogP contribution is -2.29. The number of pyridine rings is 1. The Morgan fingerprint density at radius 2 is 2.07 bits per heavy atom. The summed E-state index contributed by atoms with van der Waals surface area (Å²) in [5, 5.41) is 12.5. The molecule has 0 unspecified atom stereocenters. The highest BCUT2D eigenvalue weighted by Crippen LogP contribution is 2.37. The van der Waals surface area contributed by atoms with E-state index in [1.54, 1.807) is 17.4 Å². The molecule has 0 radical (unpaired) electrons. The first-order valence-corrected chi connectivity index (χ1v) is 11.6. The molecule has 0 saturated carbocycles. The quantitative estimate of drug-likeness (QED) is 0.248.